The number of rotatable bonds is 2. The van der Waals surface area contributed by atoms with Crippen LogP contribution in [-0.4, -0.2) is 38.4 Å². The molecule has 2 rings (SSSR count). The summed E-state index contributed by atoms with van der Waals surface area (Å²) in [6, 6.07) is 3.30. The fraction of sp³-hybridized carbons (Fsp3) is 0.467. The van der Waals surface area contributed by atoms with Gasteiger partial charge in [0.1, 0.15) is 0 Å². The molecule has 1 aromatic rings. The Bertz CT molecular complexity index is 539. The van der Waals surface area contributed by atoms with Crippen molar-refractivity contribution in [2.75, 3.05) is 27.4 Å². The Hall–Kier alpha value is -2.06. The first kappa shape index (κ1) is 14.4. The molecule has 1 aromatic heterocycles. The Balaban J connectivity index is 2.19. The molecular weight excluding hydrogens is 258 g/mol. The quantitative estimate of drug-likeness (QED) is 0.607. The van der Waals surface area contributed by atoms with Gasteiger partial charge in [0.15, 0.2) is 5.69 Å². The number of nitrogens with zero attached hydrogens (tertiary/aromatic N) is 1. The lowest BCUT2D eigenvalue weighted by atomic mass is 10.0. The van der Waals surface area contributed by atoms with E-state index in [4.69, 9.17) is 9.47 Å². The summed E-state index contributed by atoms with van der Waals surface area (Å²) >= 11 is 0. The molecule has 0 saturated carbocycles. The molecule has 0 radical (unpaired) electrons. The van der Waals surface area contributed by atoms with Gasteiger partial charge in [-0.25, -0.2) is 9.78 Å². The van der Waals surface area contributed by atoms with Gasteiger partial charge in [0, 0.05) is 12.5 Å². The Morgan fingerprint density at radius 1 is 1.45 bits per heavy atom. The predicted octanol–water partition coefficient (Wildman–Crippen LogP) is 1.65. The zero-order chi connectivity index (χ0) is 14.4. The maximum atomic E-state index is 11.4. The first-order valence-corrected chi connectivity index (χ1v) is 6.47. The van der Waals surface area contributed by atoms with Gasteiger partial charge < -0.3 is 14.2 Å². The summed E-state index contributed by atoms with van der Waals surface area (Å²) in [4.78, 5) is 15.5. The van der Waals surface area contributed by atoms with Crippen molar-refractivity contribution >= 4 is 5.97 Å². The average molecular weight is 275 g/mol. The number of ether oxygens (including phenoxy) is 3. The molecule has 0 bridgehead atoms. The van der Waals surface area contributed by atoms with Crippen molar-refractivity contribution in [3.8, 4) is 17.7 Å². The van der Waals surface area contributed by atoms with Gasteiger partial charge in [0.2, 0.25) is 5.88 Å². The molecule has 0 N–H and O–H groups in total. The highest BCUT2D eigenvalue weighted by Crippen LogP contribution is 2.17. The summed E-state index contributed by atoms with van der Waals surface area (Å²) in [6.45, 7) is 1.49. The minimum atomic E-state index is -0.497. The largest absolute Gasteiger partial charge is 0.480 e. The lowest BCUT2D eigenvalue weighted by Crippen LogP contribution is -2.15. The lowest BCUT2D eigenvalue weighted by Gasteiger charge is -2.16. The molecule has 1 aliphatic rings. The van der Waals surface area contributed by atoms with Gasteiger partial charge in [-0.3, -0.25) is 0 Å². The van der Waals surface area contributed by atoms with Crippen molar-refractivity contribution in [1.82, 2.24) is 4.98 Å². The molecule has 20 heavy (non-hydrogen) atoms. The zero-order valence-electron chi connectivity index (χ0n) is 11.6. The normalized spacial score (nSPS) is 17.8. The minimum absolute atomic E-state index is 0.205. The van der Waals surface area contributed by atoms with Crippen molar-refractivity contribution in [2.45, 2.75) is 12.8 Å². The Labute approximate surface area is 118 Å². The molecular formula is C15H17NO4. The van der Waals surface area contributed by atoms with Crippen molar-refractivity contribution in [3.05, 3.63) is 23.4 Å². The van der Waals surface area contributed by atoms with Gasteiger partial charge in [0.25, 0.3) is 0 Å². The molecule has 0 aliphatic carbocycles. The predicted molar refractivity (Wildman–Crippen MR) is 72.5 cm³/mol. The summed E-state index contributed by atoms with van der Waals surface area (Å²) in [7, 11) is 2.81. The molecule has 0 amide bonds. The van der Waals surface area contributed by atoms with Crippen LogP contribution in [-0.2, 0) is 9.47 Å². The summed E-state index contributed by atoms with van der Waals surface area (Å²) in [5.74, 6) is 6.29. The summed E-state index contributed by atoms with van der Waals surface area (Å²) in [5.41, 5.74) is 0.863. The highest BCUT2D eigenvalue weighted by atomic mass is 16.5. The molecule has 0 spiro atoms. The monoisotopic (exact) mass is 275 g/mol. The van der Waals surface area contributed by atoms with Gasteiger partial charge >= 0.3 is 5.97 Å². The maximum absolute atomic E-state index is 11.4. The third-order valence-electron chi connectivity index (χ3n) is 3.02. The fourth-order valence-corrected chi connectivity index (χ4v) is 1.94. The van der Waals surface area contributed by atoms with E-state index < -0.39 is 5.97 Å². The van der Waals surface area contributed by atoms with E-state index >= 15 is 0 Å². The van der Waals surface area contributed by atoms with E-state index in [1.165, 1.54) is 14.2 Å². The molecule has 106 valence electrons. The second kappa shape index (κ2) is 6.92. The van der Waals surface area contributed by atoms with E-state index in [2.05, 4.69) is 21.6 Å². The van der Waals surface area contributed by atoms with Crippen LogP contribution in [0.25, 0.3) is 0 Å². The van der Waals surface area contributed by atoms with Gasteiger partial charge in [-0.05, 0) is 25.0 Å². The third kappa shape index (κ3) is 3.49. The third-order valence-corrected chi connectivity index (χ3v) is 3.02. The van der Waals surface area contributed by atoms with E-state index in [0.29, 0.717) is 18.1 Å². The molecule has 5 heteroatoms. The number of aromatic nitrogens is 1. The number of hydrogen-bond donors (Lipinski definition) is 0. The first-order chi connectivity index (χ1) is 9.74. The van der Waals surface area contributed by atoms with Gasteiger partial charge in [-0.15, -0.1) is 0 Å². The number of methoxy groups -OCH3 is 2. The Kier molecular flexibility index (Phi) is 4.97. The lowest BCUT2D eigenvalue weighted by molar-refractivity contribution is 0.0593. The smallest absolute Gasteiger partial charge is 0.356 e. The number of carbonyl (C=O) groups is 1. The molecule has 2 heterocycles. The zero-order valence-corrected chi connectivity index (χ0v) is 11.6. The van der Waals surface area contributed by atoms with E-state index in [-0.39, 0.29) is 11.6 Å². The van der Waals surface area contributed by atoms with Gasteiger partial charge in [-0.2, -0.15) is 0 Å². The molecule has 1 unspecified atom stereocenters. The molecule has 1 atom stereocenters. The summed E-state index contributed by atoms with van der Waals surface area (Å²) < 4.78 is 15.2. The topological polar surface area (TPSA) is 57.7 Å². The van der Waals surface area contributed by atoms with Crippen LogP contribution >= 0.6 is 0 Å². The van der Waals surface area contributed by atoms with Crippen LogP contribution in [0, 0.1) is 17.8 Å². The van der Waals surface area contributed by atoms with E-state index in [0.717, 1.165) is 19.4 Å². The number of pyridine rings is 1. The van der Waals surface area contributed by atoms with E-state index in [1.807, 2.05) is 0 Å². The summed E-state index contributed by atoms with van der Waals surface area (Å²) in [6.07, 6.45) is 2.08. The highest BCUT2D eigenvalue weighted by molar-refractivity contribution is 5.87. The second-order valence-corrected chi connectivity index (χ2v) is 4.43. The molecule has 1 aliphatic heterocycles. The number of hydrogen-bond acceptors (Lipinski definition) is 5. The molecule has 5 nitrogen and oxygen atoms in total. The van der Waals surface area contributed by atoms with Crippen molar-refractivity contribution in [2.24, 2.45) is 5.92 Å². The fourth-order valence-electron chi connectivity index (χ4n) is 1.94. The van der Waals surface area contributed by atoms with Crippen LogP contribution in [0.3, 0.4) is 0 Å². The minimum Gasteiger partial charge on any atom is -0.480 e. The Morgan fingerprint density at radius 2 is 2.30 bits per heavy atom. The SMILES string of the molecule is COC(=O)c1ccc(C#CC2CCCOC2)c(OC)n1. The average Bonchev–Trinajstić information content (AvgIpc) is 2.53. The van der Waals surface area contributed by atoms with E-state index in [9.17, 15) is 4.79 Å². The van der Waals surface area contributed by atoms with Gasteiger partial charge in [-0.1, -0.05) is 11.8 Å². The van der Waals surface area contributed by atoms with Crippen molar-refractivity contribution in [3.63, 3.8) is 0 Å². The highest BCUT2D eigenvalue weighted by Gasteiger charge is 2.13. The van der Waals surface area contributed by atoms with Gasteiger partial charge in [0.05, 0.1) is 26.4 Å². The van der Waals surface area contributed by atoms with Crippen molar-refractivity contribution < 1.29 is 19.0 Å². The molecule has 1 fully saturated rings. The second-order valence-electron chi connectivity index (χ2n) is 4.43. The van der Waals surface area contributed by atoms with Crippen LogP contribution in [0.2, 0.25) is 0 Å². The number of esters is 1. The maximum Gasteiger partial charge on any atom is 0.356 e. The number of carbonyl (C=O) groups excluding carboxylic acids is 1. The van der Waals surface area contributed by atoms with E-state index in [1.54, 1.807) is 12.1 Å². The van der Waals surface area contributed by atoms with Crippen LogP contribution in [0.5, 0.6) is 5.88 Å². The Morgan fingerprint density at radius 3 is 2.95 bits per heavy atom. The van der Waals surface area contributed by atoms with Crippen LogP contribution in [0.15, 0.2) is 12.1 Å². The summed E-state index contributed by atoms with van der Waals surface area (Å²) in [5, 5.41) is 0. The molecule has 0 aromatic carbocycles. The van der Waals surface area contributed by atoms with Crippen molar-refractivity contribution in [1.29, 1.82) is 0 Å². The molecule has 1 saturated heterocycles. The van der Waals surface area contributed by atoms with Crippen LogP contribution in [0.4, 0.5) is 0 Å². The standard InChI is InChI=1S/C15H17NO4/c1-18-14-12(6-5-11-4-3-9-20-10-11)7-8-13(16-14)15(17)19-2/h7-8,11H,3-4,9-10H2,1-2H3. The van der Waals surface area contributed by atoms with Crippen LogP contribution in [0.1, 0.15) is 28.9 Å². The first-order valence-electron chi connectivity index (χ1n) is 6.47. The van der Waals surface area contributed by atoms with Crippen LogP contribution < -0.4 is 4.74 Å².